The van der Waals surface area contributed by atoms with Crippen LogP contribution in [0, 0.1) is 0 Å². The summed E-state index contributed by atoms with van der Waals surface area (Å²) < 4.78 is 33.4. The number of hydrogen-bond donors (Lipinski definition) is 6. The van der Waals surface area contributed by atoms with Gasteiger partial charge < -0.3 is 39.9 Å². The van der Waals surface area contributed by atoms with E-state index in [2.05, 4.69) is 50.3 Å². The Bertz CT molecular complexity index is 1150. The van der Waals surface area contributed by atoms with Crippen molar-refractivity contribution < 1.29 is 63.1 Å². The van der Waals surface area contributed by atoms with Gasteiger partial charge in [0.05, 0.1) is 6.61 Å². The Morgan fingerprint density at radius 2 is 0.965 bits per heavy atom. The number of aliphatic hydroxyl groups is 5. The molecule has 0 heterocycles. The molecule has 1 aliphatic rings. The zero-order valence-electron chi connectivity index (χ0n) is 34.9. The van der Waals surface area contributed by atoms with Crippen LogP contribution in [0.5, 0.6) is 0 Å². The predicted molar refractivity (Wildman–Crippen MR) is 221 cm³/mol. The van der Waals surface area contributed by atoms with E-state index in [-0.39, 0.29) is 12.8 Å². The van der Waals surface area contributed by atoms with Crippen molar-refractivity contribution in [3.05, 3.63) is 36.5 Å². The molecule has 0 bridgehead atoms. The number of hydrogen-bond acceptors (Lipinski definition) is 12. The molecule has 6 atom stereocenters. The van der Waals surface area contributed by atoms with Gasteiger partial charge >= 0.3 is 19.8 Å². The zero-order valence-corrected chi connectivity index (χ0v) is 35.8. The molecule has 57 heavy (non-hydrogen) atoms. The third-order valence-electron chi connectivity index (χ3n) is 9.95. The van der Waals surface area contributed by atoms with Gasteiger partial charge in [-0.15, -0.1) is 0 Å². The summed E-state index contributed by atoms with van der Waals surface area (Å²) >= 11 is 0. The molecule has 1 rings (SSSR count). The van der Waals surface area contributed by atoms with Crippen LogP contribution in [-0.4, -0.2) is 98.3 Å². The maximum Gasteiger partial charge on any atom is 0.472 e. The first kappa shape index (κ1) is 53.1. The van der Waals surface area contributed by atoms with E-state index in [1.807, 2.05) is 0 Å². The fourth-order valence-electron chi connectivity index (χ4n) is 6.36. The Morgan fingerprint density at radius 1 is 0.544 bits per heavy atom. The third-order valence-corrected chi connectivity index (χ3v) is 10.9. The molecular formula is C43H77O13P. The largest absolute Gasteiger partial charge is 0.472 e. The number of allylic oxidation sites excluding steroid dienone is 6. The number of unbranched alkanes of at least 4 members (excludes halogenated alkanes) is 17. The summed E-state index contributed by atoms with van der Waals surface area (Å²) in [5.74, 6) is -1.13. The van der Waals surface area contributed by atoms with E-state index in [1.54, 1.807) is 0 Å². The van der Waals surface area contributed by atoms with Crippen molar-refractivity contribution in [2.75, 3.05) is 13.2 Å². The van der Waals surface area contributed by atoms with Gasteiger partial charge in [-0.25, -0.2) is 4.57 Å². The molecule has 1 fully saturated rings. The number of aliphatic hydroxyl groups excluding tert-OH is 5. The van der Waals surface area contributed by atoms with Crippen LogP contribution in [0.15, 0.2) is 36.5 Å². The lowest BCUT2D eigenvalue weighted by Gasteiger charge is -2.41. The van der Waals surface area contributed by atoms with E-state index in [0.717, 1.165) is 83.5 Å². The Balaban J connectivity index is 2.51. The SMILES string of the molecule is CCCC/C=C\C/C=C\CCCCCCCC(=O)OC(COC(=O)CCCCCCC/C=C\CCCCCCC)COP(=O)(O)OC1C(O)C(O)C(O)C(O)C1O. The predicted octanol–water partition coefficient (Wildman–Crippen LogP) is 7.83. The second-order valence-corrected chi connectivity index (χ2v) is 16.6. The lowest BCUT2D eigenvalue weighted by atomic mass is 9.85. The normalized spacial score (nSPS) is 23.0. The van der Waals surface area contributed by atoms with E-state index in [4.69, 9.17) is 18.5 Å². The average molecular weight is 833 g/mol. The van der Waals surface area contributed by atoms with Gasteiger partial charge in [0.2, 0.25) is 0 Å². The fourth-order valence-corrected chi connectivity index (χ4v) is 7.33. The van der Waals surface area contributed by atoms with Crippen LogP contribution in [0.3, 0.4) is 0 Å². The molecule has 6 N–H and O–H groups in total. The van der Waals surface area contributed by atoms with Gasteiger partial charge in [-0.1, -0.05) is 127 Å². The van der Waals surface area contributed by atoms with Crippen molar-refractivity contribution in [1.29, 1.82) is 0 Å². The minimum atomic E-state index is -5.12. The highest BCUT2D eigenvalue weighted by Crippen LogP contribution is 2.47. The molecule has 0 amide bonds. The van der Waals surface area contributed by atoms with Crippen LogP contribution < -0.4 is 0 Å². The number of carbonyl (C=O) groups excluding carboxylic acids is 2. The van der Waals surface area contributed by atoms with E-state index in [0.29, 0.717) is 12.8 Å². The second kappa shape index (κ2) is 33.9. The first-order chi connectivity index (χ1) is 27.4. The molecule has 1 saturated carbocycles. The minimum absolute atomic E-state index is 0.0788. The molecule has 13 nitrogen and oxygen atoms in total. The number of carbonyl (C=O) groups is 2. The van der Waals surface area contributed by atoms with Crippen LogP contribution in [0.4, 0.5) is 0 Å². The quantitative estimate of drug-likeness (QED) is 0.0156. The molecule has 6 unspecified atom stereocenters. The molecule has 0 aliphatic heterocycles. The van der Waals surface area contributed by atoms with E-state index in [1.165, 1.54) is 44.9 Å². The van der Waals surface area contributed by atoms with Crippen molar-refractivity contribution in [3.63, 3.8) is 0 Å². The molecule has 0 saturated heterocycles. The minimum Gasteiger partial charge on any atom is -0.462 e. The van der Waals surface area contributed by atoms with Crippen molar-refractivity contribution in [1.82, 2.24) is 0 Å². The van der Waals surface area contributed by atoms with Crippen molar-refractivity contribution >= 4 is 19.8 Å². The van der Waals surface area contributed by atoms with Crippen LogP contribution in [0.25, 0.3) is 0 Å². The summed E-state index contributed by atoms with van der Waals surface area (Å²) in [5, 5.41) is 50.0. The number of phosphoric acid groups is 1. The monoisotopic (exact) mass is 833 g/mol. The van der Waals surface area contributed by atoms with Crippen molar-refractivity contribution in [2.24, 2.45) is 0 Å². The molecule has 332 valence electrons. The Kier molecular flexibility index (Phi) is 31.5. The summed E-state index contributed by atoms with van der Waals surface area (Å²) in [4.78, 5) is 35.6. The summed E-state index contributed by atoms with van der Waals surface area (Å²) in [6, 6.07) is 0. The first-order valence-electron chi connectivity index (χ1n) is 21.8. The van der Waals surface area contributed by atoms with E-state index in [9.17, 15) is 44.6 Å². The molecule has 0 spiro atoms. The maximum atomic E-state index is 12.8. The molecule has 0 aromatic rings. The second-order valence-electron chi connectivity index (χ2n) is 15.2. The Morgan fingerprint density at radius 3 is 1.49 bits per heavy atom. The molecule has 0 aromatic carbocycles. The average Bonchev–Trinajstić information content (AvgIpc) is 3.19. The molecule has 0 radical (unpaired) electrons. The number of phosphoric ester groups is 1. The van der Waals surface area contributed by atoms with Gasteiger partial charge in [-0.05, 0) is 64.2 Å². The molecule has 1 aliphatic carbocycles. The zero-order chi connectivity index (χ0) is 42.2. The van der Waals surface area contributed by atoms with Gasteiger partial charge in [0.1, 0.15) is 43.2 Å². The van der Waals surface area contributed by atoms with Gasteiger partial charge in [-0.2, -0.15) is 0 Å². The highest BCUT2D eigenvalue weighted by molar-refractivity contribution is 7.47. The number of esters is 2. The fraction of sp³-hybridized carbons (Fsp3) is 0.814. The summed E-state index contributed by atoms with van der Waals surface area (Å²) in [6.07, 6.45) is 23.4. The lowest BCUT2D eigenvalue weighted by Crippen LogP contribution is -2.64. The van der Waals surface area contributed by atoms with Gasteiger partial charge in [0, 0.05) is 12.8 Å². The molecule has 14 heteroatoms. The van der Waals surface area contributed by atoms with E-state index < -0.39 is 75.7 Å². The van der Waals surface area contributed by atoms with Gasteiger partial charge in [0.15, 0.2) is 6.10 Å². The summed E-state index contributed by atoms with van der Waals surface area (Å²) in [7, 11) is -5.12. The smallest absolute Gasteiger partial charge is 0.462 e. The number of rotatable bonds is 35. The van der Waals surface area contributed by atoms with Crippen LogP contribution >= 0.6 is 7.82 Å². The highest BCUT2D eigenvalue weighted by Gasteiger charge is 2.51. The first-order valence-corrected chi connectivity index (χ1v) is 23.3. The van der Waals surface area contributed by atoms with E-state index >= 15 is 0 Å². The topological polar surface area (TPSA) is 210 Å². The Labute approximate surface area is 342 Å². The van der Waals surface area contributed by atoms with Crippen molar-refractivity contribution in [2.45, 2.75) is 211 Å². The molecule has 0 aromatic heterocycles. The Hall–Kier alpha value is -1.93. The van der Waals surface area contributed by atoms with Gasteiger partial charge in [0.25, 0.3) is 0 Å². The highest BCUT2D eigenvalue weighted by atomic mass is 31.2. The van der Waals surface area contributed by atoms with Crippen molar-refractivity contribution in [3.8, 4) is 0 Å². The van der Waals surface area contributed by atoms with Crippen LogP contribution in [-0.2, 0) is 32.7 Å². The standard InChI is InChI=1S/C43H77O13P/c1-3-5-7-9-11-13-15-17-19-21-23-25-27-29-31-36(44)53-33-35(34-54-57(51,52)56-43-41(49)39(47)38(46)40(48)42(43)50)55-37(45)32-30-28-26-24-22-20-18-16-14-12-10-8-6-4-2/h10,12,15-18,35,38-43,46-50H,3-9,11,13-14,19-34H2,1-2H3,(H,51,52)/b12-10-,17-15-,18-16-. The molecular weight excluding hydrogens is 755 g/mol. The maximum absolute atomic E-state index is 12.8. The number of ether oxygens (including phenoxy) is 2. The lowest BCUT2D eigenvalue weighted by molar-refractivity contribution is -0.220. The van der Waals surface area contributed by atoms with Crippen LogP contribution in [0.2, 0.25) is 0 Å². The third kappa shape index (κ3) is 26.7. The summed E-state index contributed by atoms with van der Waals surface area (Å²) in [5.41, 5.74) is 0. The van der Waals surface area contributed by atoms with Crippen LogP contribution in [0.1, 0.15) is 168 Å². The summed E-state index contributed by atoms with van der Waals surface area (Å²) in [6.45, 7) is 3.21. The van der Waals surface area contributed by atoms with Gasteiger partial charge in [-0.3, -0.25) is 18.6 Å².